The Morgan fingerprint density at radius 1 is 1.16 bits per heavy atom. The summed E-state index contributed by atoms with van der Waals surface area (Å²) >= 11 is 0. The highest BCUT2D eigenvalue weighted by Gasteiger charge is 2.31. The van der Waals surface area contributed by atoms with Crippen molar-refractivity contribution < 1.29 is 27.1 Å². The van der Waals surface area contributed by atoms with E-state index in [1.54, 1.807) is 31.1 Å². The molecular weight excluding hydrogens is 432 g/mol. The number of nitrogens with zero attached hydrogens (tertiary/aromatic N) is 5. The lowest BCUT2D eigenvalue weighted by Gasteiger charge is -2.12. The summed E-state index contributed by atoms with van der Waals surface area (Å²) < 4.78 is 54.3. The molecule has 0 saturated carbocycles. The third-order valence-corrected chi connectivity index (χ3v) is 3.99. The van der Waals surface area contributed by atoms with E-state index in [1.165, 1.54) is 24.5 Å². The number of amides is 1. The maximum absolute atomic E-state index is 13.9. The molecule has 0 radical (unpaired) electrons. The minimum absolute atomic E-state index is 0.113. The minimum atomic E-state index is -4.86. The highest BCUT2D eigenvalue weighted by Crippen LogP contribution is 2.23. The third kappa shape index (κ3) is 5.97. The highest BCUT2D eigenvalue weighted by molar-refractivity contribution is 5.93. The summed E-state index contributed by atoms with van der Waals surface area (Å²) in [5.41, 5.74) is 3.53. The van der Waals surface area contributed by atoms with Gasteiger partial charge in [-0.15, -0.1) is 13.2 Å². The SMILES string of the molecule is CN(C)c1ccc(F)c(/C=N/NC(=O)c2cncc(-c3ccc(OC(F)(F)F)nc3)n2)c1. The van der Waals surface area contributed by atoms with Crippen LogP contribution in [0.1, 0.15) is 16.1 Å². The van der Waals surface area contributed by atoms with E-state index in [2.05, 4.69) is 30.2 Å². The summed E-state index contributed by atoms with van der Waals surface area (Å²) in [6.07, 6.45) is -0.116. The number of ether oxygens (including phenoxy) is 1. The Balaban J connectivity index is 1.71. The molecule has 0 spiro atoms. The summed E-state index contributed by atoms with van der Waals surface area (Å²) in [7, 11) is 3.60. The zero-order valence-corrected chi connectivity index (χ0v) is 16.8. The van der Waals surface area contributed by atoms with Gasteiger partial charge in [0.2, 0.25) is 5.88 Å². The van der Waals surface area contributed by atoms with E-state index < -0.39 is 24.0 Å². The first-order valence-electron chi connectivity index (χ1n) is 8.97. The van der Waals surface area contributed by atoms with Crippen LogP contribution in [0.25, 0.3) is 11.3 Å². The molecule has 1 amide bonds. The number of benzene rings is 1. The van der Waals surface area contributed by atoms with Crippen molar-refractivity contribution in [1.29, 1.82) is 0 Å². The highest BCUT2D eigenvalue weighted by atomic mass is 19.4. The number of rotatable bonds is 6. The van der Waals surface area contributed by atoms with Crippen LogP contribution >= 0.6 is 0 Å². The van der Waals surface area contributed by atoms with Crippen molar-refractivity contribution in [2.45, 2.75) is 6.36 Å². The molecule has 0 aliphatic carbocycles. The van der Waals surface area contributed by atoms with Gasteiger partial charge < -0.3 is 9.64 Å². The second-order valence-corrected chi connectivity index (χ2v) is 6.52. The van der Waals surface area contributed by atoms with Gasteiger partial charge >= 0.3 is 6.36 Å². The lowest BCUT2D eigenvalue weighted by molar-refractivity contribution is -0.276. The van der Waals surface area contributed by atoms with Gasteiger partial charge in [0.15, 0.2) is 0 Å². The predicted molar refractivity (Wildman–Crippen MR) is 108 cm³/mol. The molecule has 0 aliphatic rings. The summed E-state index contributed by atoms with van der Waals surface area (Å²) in [6.45, 7) is 0. The molecule has 12 heteroatoms. The average molecular weight is 448 g/mol. The van der Waals surface area contributed by atoms with Crippen molar-refractivity contribution >= 4 is 17.8 Å². The Morgan fingerprint density at radius 2 is 1.94 bits per heavy atom. The molecule has 2 heterocycles. The Labute approximate surface area is 179 Å². The summed E-state index contributed by atoms with van der Waals surface area (Å²) in [5.74, 6) is -1.87. The van der Waals surface area contributed by atoms with Gasteiger partial charge in [-0.3, -0.25) is 9.78 Å². The zero-order chi connectivity index (χ0) is 23.3. The first-order chi connectivity index (χ1) is 15.1. The average Bonchev–Trinajstić information content (AvgIpc) is 2.74. The van der Waals surface area contributed by atoms with Gasteiger partial charge in [-0.2, -0.15) is 5.10 Å². The standard InChI is InChI=1S/C20H16F4N6O2/c1-30(2)14-4-5-15(21)13(7-14)9-27-29-19(31)17-11-25-10-16(28-17)12-3-6-18(26-8-12)32-20(22,23)24/h3-11H,1-2H3,(H,29,31)/b27-9+. The van der Waals surface area contributed by atoms with Crippen molar-refractivity contribution in [1.82, 2.24) is 20.4 Å². The van der Waals surface area contributed by atoms with Crippen LogP contribution in [0.4, 0.5) is 23.2 Å². The molecule has 0 aliphatic heterocycles. The number of hydrogen-bond acceptors (Lipinski definition) is 7. The van der Waals surface area contributed by atoms with Crippen LogP contribution in [0.3, 0.4) is 0 Å². The fraction of sp³-hybridized carbons (Fsp3) is 0.150. The van der Waals surface area contributed by atoms with Crippen molar-refractivity contribution in [3.8, 4) is 17.1 Å². The number of pyridine rings is 1. The van der Waals surface area contributed by atoms with Gasteiger partial charge in [0.1, 0.15) is 11.5 Å². The van der Waals surface area contributed by atoms with Gasteiger partial charge in [0.05, 0.1) is 24.3 Å². The maximum atomic E-state index is 13.9. The Bertz CT molecular complexity index is 1130. The van der Waals surface area contributed by atoms with E-state index in [9.17, 15) is 22.4 Å². The fourth-order valence-corrected chi connectivity index (χ4v) is 2.45. The van der Waals surface area contributed by atoms with Crippen LogP contribution in [-0.2, 0) is 0 Å². The van der Waals surface area contributed by atoms with E-state index in [4.69, 9.17) is 0 Å². The van der Waals surface area contributed by atoms with Crippen LogP contribution in [0.2, 0.25) is 0 Å². The zero-order valence-electron chi connectivity index (χ0n) is 16.8. The summed E-state index contributed by atoms with van der Waals surface area (Å²) in [5, 5.41) is 3.74. The number of alkyl halides is 3. The van der Waals surface area contributed by atoms with E-state index >= 15 is 0 Å². The van der Waals surface area contributed by atoms with Crippen molar-refractivity contribution in [2.75, 3.05) is 19.0 Å². The van der Waals surface area contributed by atoms with Crippen LogP contribution < -0.4 is 15.1 Å². The fourth-order valence-electron chi connectivity index (χ4n) is 2.45. The lowest BCUT2D eigenvalue weighted by atomic mass is 10.2. The number of carbonyl (C=O) groups is 1. The number of hydrogen-bond donors (Lipinski definition) is 1. The van der Waals surface area contributed by atoms with Crippen LogP contribution in [-0.4, -0.2) is 47.5 Å². The second kappa shape index (κ2) is 9.37. The molecule has 2 aromatic heterocycles. The van der Waals surface area contributed by atoms with Gasteiger partial charge in [-0.05, 0) is 24.3 Å². The topological polar surface area (TPSA) is 92.6 Å². The molecule has 3 rings (SSSR count). The van der Waals surface area contributed by atoms with Crippen molar-refractivity contribution in [2.24, 2.45) is 5.10 Å². The molecule has 32 heavy (non-hydrogen) atoms. The third-order valence-electron chi connectivity index (χ3n) is 3.99. The van der Waals surface area contributed by atoms with Gasteiger partial charge in [0, 0.05) is 43.2 Å². The maximum Gasteiger partial charge on any atom is 0.574 e. The Kier molecular flexibility index (Phi) is 6.61. The number of anilines is 1. The monoisotopic (exact) mass is 448 g/mol. The summed E-state index contributed by atoms with van der Waals surface area (Å²) in [4.78, 5) is 25.6. The van der Waals surface area contributed by atoms with Crippen molar-refractivity contribution in [3.63, 3.8) is 0 Å². The smallest absolute Gasteiger partial charge is 0.388 e. The van der Waals surface area contributed by atoms with Crippen LogP contribution in [0, 0.1) is 5.82 Å². The number of carbonyl (C=O) groups excluding carboxylic acids is 1. The molecule has 1 aromatic carbocycles. The van der Waals surface area contributed by atoms with Gasteiger partial charge in [0.25, 0.3) is 5.91 Å². The molecule has 166 valence electrons. The second-order valence-electron chi connectivity index (χ2n) is 6.52. The Hall–Kier alpha value is -4.09. The first kappa shape index (κ1) is 22.6. The van der Waals surface area contributed by atoms with Crippen molar-refractivity contribution in [3.05, 3.63) is 66.0 Å². The largest absolute Gasteiger partial charge is 0.574 e. The van der Waals surface area contributed by atoms with E-state index in [1.807, 2.05) is 0 Å². The van der Waals surface area contributed by atoms with Gasteiger partial charge in [-0.1, -0.05) is 0 Å². The lowest BCUT2D eigenvalue weighted by Crippen LogP contribution is -2.19. The molecule has 0 atom stereocenters. The van der Waals surface area contributed by atoms with E-state index in [0.717, 1.165) is 24.2 Å². The molecule has 1 N–H and O–H groups in total. The van der Waals surface area contributed by atoms with Gasteiger partial charge in [-0.25, -0.2) is 19.8 Å². The van der Waals surface area contributed by atoms with Crippen LogP contribution in [0.5, 0.6) is 5.88 Å². The predicted octanol–water partition coefficient (Wildman–Crippen LogP) is 3.41. The molecule has 0 fully saturated rings. The van der Waals surface area contributed by atoms with Crippen LogP contribution in [0.15, 0.2) is 54.0 Å². The number of nitrogens with one attached hydrogen (secondary N) is 1. The Morgan fingerprint density at radius 3 is 2.59 bits per heavy atom. The summed E-state index contributed by atoms with van der Waals surface area (Å²) in [6, 6.07) is 6.75. The number of hydrazone groups is 1. The molecule has 0 saturated heterocycles. The number of halogens is 4. The van der Waals surface area contributed by atoms with E-state index in [-0.39, 0.29) is 17.0 Å². The minimum Gasteiger partial charge on any atom is -0.388 e. The molecule has 0 bridgehead atoms. The molecule has 3 aromatic rings. The molecule has 8 nitrogen and oxygen atoms in total. The normalized spacial score (nSPS) is 11.4. The first-order valence-corrected chi connectivity index (χ1v) is 8.97. The number of aromatic nitrogens is 3. The molecular formula is C20H16F4N6O2. The molecule has 0 unspecified atom stereocenters. The quantitative estimate of drug-likeness (QED) is 0.353. The van der Waals surface area contributed by atoms with E-state index in [0.29, 0.717) is 5.56 Å².